The van der Waals surface area contributed by atoms with Gasteiger partial charge in [-0.25, -0.2) is 9.97 Å². The fraction of sp³-hybridized carbons (Fsp3) is 0.111. The molecule has 0 saturated heterocycles. The van der Waals surface area contributed by atoms with Gasteiger partial charge in [0, 0.05) is 29.7 Å². The molecule has 0 radical (unpaired) electrons. The number of H-pyrrole nitrogens is 1. The molecule has 3 aromatic rings. The van der Waals surface area contributed by atoms with Crippen LogP contribution in [0.3, 0.4) is 0 Å². The predicted octanol–water partition coefficient (Wildman–Crippen LogP) is 3.08. The SMILES string of the molecule is O=C1/C(=C/c2ccccc2-c2c[nH]cn2)CCc2nccnc21. The number of hydrogen-bond donors (Lipinski definition) is 1. The van der Waals surface area contributed by atoms with Gasteiger partial charge in [0.1, 0.15) is 5.69 Å². The van der Waals surface area contributed by atoms with Crippen molar-refractivity contribution in [2.45, 2.75) is 12.8 Å². The average molecular weight is 302 g/mol. The third-order valence-electron chi connectivity index (χ3n) is 3.98. The Kier molecular flexibility index (Phi) is 3.31. The molecule has 1 aromatic carbocycles. The van der Waals surface area contributed by atoms with E-state index in [1.165, 1.54) is 0 Å². The molecule has 0 unspecified atom stereocenters. The number of fused-ring (bicyclic) bond motifs is 1. The van der Waals surface area contributed by atoms with E-state index in [9.17, 15) is 4.79 Å². The van der Waals surface area contributed by atoms with Crippen molar-refractivity contribution >= 4 is 11.9 Å². The summed E-state index contributed by atoms with van der Waals surface area (Å²) in [6.45, 7) is 0. The van der Waals surface area contributed by atoms with Gasteiger partial charge in [-0.05, 0) is 24.5 Å². The number of aromatic amines is 1. The maximum atomic E-state index is 12.6. The minimum absolute atomic E-state index is 0.0313. The van der Waals surface area contributed by atoms with E-state index in [2.05, 4.69) is 19.9 Å². The summed E-state index contributed by atoms with van der Waals surface area (Å²) >= 11 is 0. The molecule has 0 bridgehead atoms. The smallest absolute Gasteiger partial charge is 0.209 e. The molecule has 2 aromatic heterocycles. The van der Waals surface area contributed by atoms with Crippen LogP contribution in [0.2, 0.25) is 0 Å². The Labute approximate surface area is 133 Å². The van der Waals surface area contributed by atoms with E-state index in [1.807, 2.05) is 36.5 Å². The van der Waals surface area contributed by atoms with Gasteiger partial charge in [-0.2, -0.15) is 0 Å². The maximum absolute atomic E-state index is 12.6. The number of allylic oxidation sites excluding steroid dienone is 1. The van der Waals surface area contributed by atoms with Crippen LogP contribution in [0.15, 0.2) is 54.8 Å². The molecule has 4 rings (SSSR count). The zero-order valence-electron chi connectivity index (χ0n) is 12.4. The summed E-state index contributed by atoms with van der Waals surface area (Å²) in [5.41, 5.74) is 4.87. The van der Waals surface area contributed by atoms with E-state index in [1.54, 1.807) is 18.7 Å². The summed E-state index contributed by atoms with van der Waals surface area (Å²) < 4.78 is 0. The lowest BCUT2D eigenvalue weighted by atomic mass is 9.91. The van der Waals surface area contributed by atoms with Crippen LogP contribution in [0, 0.1) is 0 Å². The van der Waals surface area contributed by atoms with Crippen LogP contribution in [0.5, 0.6) is 0 Å². The van der Waals surface area contributed by atoms with Crippen molar-refractivity contribution in [1.82, 2.24) is 19.9 Å². The molecular formula is C18H14N4O. The van der Waals surface area contributed by atoms with Gasteiger partial charge in [-0.15, -0.1) is 0 Å². The zero-order chi connectivity index (χ0) is 15.6. The molecule has 0 aliphatic heterocycles. The molecule has 112 valence electrons. The standard InChI is InChI=1S/C18H14N4O/c23-18-13(5-6-15-17(18)21-8-7-20-15)9-12-3-1-2-4-14(12)16-10-19-11-22-16/h1-4,7-11H,5-6H2,(H,19,22)/b13-9+. The van der Waals surface area contributed by atoms with Crippen LogP contribution in [0.25, 0.3) is 17.3 Å². The van der Waals surface area contributed by atoms with Crippen molar-refractivity contribution in [2.24, 2.45) is 0 Å². The van der Waals surface area contributed by atoms with Crippen LogP contribution in [0.1, 0.15) is 28.2 Å². The van der Waals surface area contributed by atoms with Gasteiger partial charge >= 0.3 is 0 Å². The van der Waals surface area contributed by atoms with Gasteiger partial charge in [-0.1, -0.05) is 24.3 Å². The van der Waals surface area contributed by atoms with E-state index in [4.69, 9.17) is 0 Å². The second kappa shape index (κ2) is 5.61. The molecule has 2 heterocycles. The predicted molar refractivity (Wildman–Crippen MR) is 86.7 cm³/mol. The Morgan fingerprint density at radius 1 is 1.04 bits per heavy atom. The maximum Gasteiger partial charge on any atom is 0.209 e. The topological polar surface area (TPSA) is 71.5 Å². The fourth-order valence-electron chi connectivity index (χ4n) is 2.85. The van der Waals surface area contributed by atoms with E-state index in [-0.39, 0.29) is 5.78 Å². The van der Waals surface area contributed by atoms with Crippen LogP contribution in [-0.4, -0.2) is 25.7 Å². The summed E-state index contributed by atoms with van der Waals surface area (Å²) in [4.78, 5) is 28.3. The van der Waals surface area contributed by atoms with Gasteiger partial charge < -0.3 is 4.98 Å². The van der Waals surface area contributed by atoms with Crippen LogP contribution >= 0.6 is 0 Å². The summed E-state index contributed by atoms with van der Waals surface area (Å²) in [6, 6.07) is 7.93. The third kappa shape index (κ3) is 2.46. The number of nitrogens with zero attached hydrogens (tertiary/aromatic N) is 3. The highest BCUT2D eigenvalue weighted by molar-refractivity contribution is 6.12. The Balaban J connectivity index is 1.77. The van der Waals surface area contributed by atoms with Crippen molar-refractivity contribution in [3.8, 4) is 11.3 Å². The highest BCUT2D eigenvalue weighted by atomic mass is 16.1. The highest BCUT2D eigenvalue weighted by Gasteiger charge is 2.24. The number of ketones is 1. The van der Waals surface area contributed by atoms with Gasteiger partial charge in [0.15, 0.2) is 0 Å². The number of carbonyl (C=O) groups excluding carboxylic acids is 1. The van der Waals surface area contributed by atoms with E-state index in [0.29, 0.717) is 12.1 Å². The lowest BCUT2D eigenvalue weighted by Crippen LogP contribution is -2.17. The lowest BCUT2D eigenvalue weighted by Gasteiger charge is -2.15. The number of hydrogen-bond acceptors (Lipinski definition) is 4. The second-order valence-electron chi connectivity index (χ2n) is 5.39. The van der Waals surface area contributed by atoms with E-state index < -0.39 is 0 Å². The number of carbonyl (C=O) groups is 1. The summed E-state index contributed by atoms with van der Waals surface area (Å²) in [7, 11) is 0. The molecule has 5 nitrogen and oxygen atoms in total. The Bertz CT molecular complexity index is 897. The highest BCUT2D eigenvalue weighted by Crippen LogP contribution is 2.28. The second-order valence-corrected chi connectivity index (χ2v) is 5.39. The minimum Gasteiger partial charge on any atom is -0.351 e. The molecule has 5 heteroatoms. The molecule has 1 aliphatic rings. The Morgan fingerprint density at radius 3 is 2.78 bits per heavy atom. The van der Waals surface area contributed by atoms with Crippen molar-refractivity contribution in [3.63, 3.8) is 0 Å². The molecular weight excluding hydrogens is 288 g/mol. The monoisotopic (exact) mass is 302 g/mol. The van der Waals surface area contributed by atoms with Crippen molar-refractivity contribution in [3.05, 3.63) is 71.7 Å². The number of aromatic nitrogens is 4. The van der Waals surface area contributed by atoms with Crippen molar-refractivity contribution in [2.75, 3.05) is 0 Å². The van der Waals surface area contributed by atoms with Crippen LogP contribution in [-0.2, 0) is 6.42 Å². The van der Waals surface area contributed by atoms with Crippen LogP contribution < -0.4 is 0 Å². The van der Waals surface area contributed by atoms with E-state index >= 15 is 0 Å². The minimum atomic E-state index is -0.0313. The average Bonchev–Trinajstić information content (AvgIpc) is 3.12. The van der Waals surface area contributed by atoms with Crippen molar-refractivity contribution in [1.29, 1.82) is 0 Å². The third-order valence-corrected chi connectivity index (χ3v) is 3.98. The van der Waals surface area contributed by atoms with Gasteiger partial charge in [0.25, 0.3) is 0 Å². The quantitative estimate of drug-likeness (QED) is 0.738. The first-order chi connectivity index (χ1) is 11.3. The summed E-state index contributed by atoms with van der Waals surface area (Å²) in [6.07, 6.45) is 10.1. The number of aryl methyl sites for hydroxylation is 1. The molecule has 0 atom stereocenters. The number of Topliss-reactive ketones (excluding diaryl/α,β-unsaturated/α-hetero) is 1. The fourth-order valence-corrected chi connectivity index (χ4v) is 2.85. The Hall–Kier alpha value is -3.08. The number of benzene rings is 1. The normalized spacial score (nSPS) is 15.7. The van der Waals surface area contributed by atoms with Crippen molar-refractivity contribution < 1.29 is 4.79 Å². The first-order valence-electron chi connectivity index (χ1n) is 7.46. The lowest BCUT2D eigenvalue weighted by molar-refractivity contribution is 0.102. The van der Waals surface area contributed by atoms with Crippen LogP contribution in [0.4, 0.5) is 0 Å². The number of imidazole rings is 1. The van der Waals surface area contributed by atoms with E-state index in [0.717, 1.165) is 34.5 Å². The summed E-state index contributed by atoms with van der Waals surface area (Å²) in [5, 5.41) is 0. The Morgan fingerprint density at radius 2 is 1.91 bits per heavy atom. The first-order valence-corrected chi connectivity index (χ1v) is 7.46. The first kappa shape index (κ1) is 13.6. The number of nitrogens with one attached hydrogen (secondary N) is 1. The molecule has 0 amide bonds. The van der Waals surface area contributed by atoms with Gasteiger partial charge in [-0.3, -0.25) is 9.78 Å². The number of rotatable bonds is 2. The largest absolute Gasteiger partial charge is 0.351 e. The zero-order valence-corrected chi connectivity index (χ0v) is 12.4. The molecule has 1 N–H and O–H groups in total. The molecule has 23 heavy (non-hydrogen) atoms. The summed E-state index contributed by atoms with van der Waals surface area (Å²) in [5.74, 6) is -0.0313. The molecule has 1 aliphatic carbocycles. The van der Waals surface area contributed by atoms with Gasteiger partial charge in [0.05, 0.1) is 17.7 Å². The molecule has 0 spiro atoms. The molecule has 0 fully saturated rings. The molecule has 0 saturated carbocycles. The van der Waals surface area contributed by atoms with Gasteiger partial charge in [0.2, 0.25) is 5.78 Å².